The van der Waals surface area contributed by atoms with Gasteiger partial charge in [0, 0.05) is 5.56 Å². The summed E-state index contributed by atoms with van der Waals surface area (Å²) in [4.78, 5) is 30.8. The van der Waals surface area contributed by atoms with Crippen molar-refractivity contribution in [2.45, 2.75) is 32.9 Å². The zero-order valence-electron chi connectivity index (χ0n) is 15.9. The van der Waals surface area contributed by atoms with Gasteiger partial charge in [-0.05, 0) is 44.5 Å². The maximum atomic E-state index is 13.0. The molecular formula is C21H22N2O4. The number of nitrogens with zero attached hydrogens (tertiary/aromatic N) is 2. The average Bonchev–Trinajstić information content (AvgIpc) is 2.86. The molecule has 1 aliphatic heterocycles. The van der Waals surface area contributed by atoms with Crippen LogP contribution in [-0.4, -0.2) is 30.4 Å². The summed E-state index contributed by atoms with van der Waals surface area (Å²) in [5, 5.41) is 0. The summed E-state index contributed by atoms with van der Waals surface area (Å²) < 4.78 is 10.5. The van der Waals surface area contributed by atoms with Gasteiger partial charge >= 0.3 is 6.09 Å². The number of hydrogen-bond acceptors (Lipinski definition) is 4. The highest BCUT2D eigenvalue weighted by Crippen LogP contribution is 2.34. The highest BCUT2D eigenvalue weighted by Gasteiger charge is 2.35. The van der Waals surface area contributed by atoms with E-state index in [1.165, 1.54) is 0 Å². The quantitative estimate of drug-likeness (QED) is 0.824. The molecule has 2 aromatic rings. The van der Waals surface area contributed by atoms with Gasteiger partial charge in [-0.15, -0.1) is 0 Å². The summed E-state index contributed by atoms with van der Waals surface area (Å²) >= 11 is 0. The standard InChI is InChI=1S/C21H22N2O4/c1-21(2,3)27-20(25)22-18-16-12-15(26-4)10-11-17(16)23(19(18)24)13-14-8-6-5-7-9-14/h5-12H,13H2,1-4H3/b22-18-. The Kier molecular flexibility index (Phi) is 4.99. The number of hydrogen-bond donors (Lipinski definition) is 0. The molecule has 3 rings (SSSR count). The fourth-order valence-corrected chi connectivity index (χ4v) is 2.83. The minimum atomic E-state index is -0.791. The molecule has 0 spiro atoms. The van der Waals surface area contributed by atoms with Crippen molar-refractivity contribution in [2.75, 3.05) is 12.0 Å². The lowest BCUT2D eigenvalue weighted by atomic mass is 10.1. The van der Waals surface area contributed by atoms with Crippen molar-refractivity contribution in [3.63, 3.8) is 0 Å². The molecule has 0 aromatic heterocycles. The number of anilines is 1. The number of carbonyl (C=O) groups is 2. The van der Waals surface area contributed by atoms with Crippen molar-refractivity contribution in [3.05, 3.63) is 59.7 Å². The molecule has 0 unspecified atom stereocenters. The van der Waals surface area contributed by atoms with Gasteiger partial charge in [-0.2, -0.15) is 4.99 Å². The third-order valence-corrected chi connectivity index (χ3v) is 3.98. The topological polar surface area (TPSA) is 68.2 Å². The van der Waals surface area contributed by atoms with Gasteiger partial charge in [0.05, 0.1) is 19.3 Å². The van der Waals surface area contributed by atoms with E-state index < -0.39 is 11.7 Å². The summed E-state index contributed by atoms with van der Waals surface area (Å²) in [6, 6.07) is 14.9. The van der Waals surface area contributed by atoms with Crippen LogP contribution in [0.3, 0.4) is 0 Å². The van der Waals surface area contributed by atoms with E-state index in [-0.39, 0.29) is 11.6 Å². The Morgan fingerprint density at radius 1 is 1.11 bits per heavy atom. The number of carbonyl (C=O) groups excluding carboxylic acids is 2. The summed E-state index contributed by atoms with van der Waals surface area (Å²) in [6.45, 7) is 5.63. The van der Waals surface area contributed by atoms with E-state index in [4.69, 9.17) is 9.47 Å². The van der Waals surface area contributed by atoms with Gasteiger partial charge in [0.25, 0.3) is 5.91 Å². The molecule has 0 N–H and O–H groups in total. The van der Waals surface area contributed by atoms with Crippen molar-refractivity contribution in [1.29, 1.82) is 0 Å². The molecule has 0 bridgehead atoms. The molecule has 6 nitrogen and oxygen atoms in total. The van der Waals surface area contributed by atoms with Gasteiger partial charge in [0.15, 0.2) is 0 Å². The zero-order valence-corrected chi connectivity index (χ0v) is 15.9. The van der Waals surface area contributed by atoms with Crippen LogP contribution in [0.5, 0.6) is 5.75 Å². The van der Waals surface area contributed by atoms with E-state index in [1.54, 1.807) is 51.0 Å². The van der Waals surface area contributed by atoms with Crippen LogP contribution >= 0.6 is 0 Å². The molecule has 27 heavy (non-hydrogen) atoms. The normalized spacial score (nSPS) is 15.0. The molecule has 0 aliphatic carbocycles. The summed E-state index contributed by atoms with van der Waals surface area (Å²) in [7, 11) is 1.55. The van der Waals surface area contributed by atoms with Crippen molar-refractivity contribution >= 4 is 23.4 Å². The molecule has 6 heteroatoms. The second-order valence-corrected chi connectivity index (χ2v) is 7.20. The predicted octanol–water partition coefficient (Wildman–Crippen LogP) is 3.97. The highest BCUT2D eigenvalue weighted by molar-refractivity contribution is 6.55. The SMILES string of the molecule is COc1ccc2c(c1)/C(=N/C(=O)OC(C)(C)C)C(=O)N2Cc1ccccc1. The average molecular weight is 366 g/mol. The second-order valence-electron chi connectivity index (χ2n) is 7.20. The lowest BCUT2D eigenvalue weighted by Gasteiger charge is -2.18. The Morgan fingerprint density at radius 2 is 1.81 bits per heavy atom. The minimum absolute atomic E-state index is 0.0640. The first kappa shape index (κ1) is 18.6. The number of aliphatic imine (C=N–C) groups is 1. The van der Waals surface area contributed by atoms with Crippen LogP contribution in [0, 0.1) is 0 Å². The molecule has 0 fully saturated rings. The van der Waals surface area contributed by atoms with Crippen LogP contribution in [0.25, 0.3) is 0 Å². The molecule has 0 atom stereocenters. The minimum Gasteiger partial charge on any atom is -0.497 e. The first-order chi connectivity index (χ1) is 12.8. The maximum Gasteiger partial charge on any atom is 0.434 e. The summed E-state index contributed by atoms with van der Waals surface area (Å²) in [5.74, 6) is 0.243. The molecule has 0 saturated heterocycles. The molecule has 2 aromatic carbocycles. The Bertz CT molecular complexity index is 898. The molecule has 1 aliphatic rings. The number of ether oxygens (including phenoxy) is 2. The van der Waals surface area contributed by atoms with Crippen LogP contribution in [0.15, 0.2) is 53.5 Å². The number of benzene rings is 2. The predicted molar refractivity (Wildman–Crippen MR) is 103 cm³/mol. The highest BCUT2D eigenvalue weighted by atomic mass is 16.6. The number of methoxy groups -OCH3 is 1. The van der Waals surface area contributed by atoms with Crippen molar-refractivity contribution < 1.29 is 19.1 Å². The second kappa shape index (κ2) is 7.23. The zero-order chi connectivity index (χ0) is 19.6. The van der Waals surface area contributed by atoms with E-state index in [0.29, 0.717) is 23.5 Å². The summed E-state index contributed by atoms with van der Waals surface area (Å²) in [6.07, 6.45) is -0.791. The summed E-state index contributed by atoms with van der Waals surface area (Å²) in [5.41, 5.74) is 1.59. The number of amides is 2. The van der Waals surface area contributed by atoms with Crippen molar-refractivity contribution in [1.82, 2.24) is 0 Å². The van der Waals surface area contributed by atoms with E-state index in [2.05, 4.69) is 4.99 Å². The third-order valence-electron chi connectivity index (χ3n) is 3.98. The van der Waals surface area contributed by atoms with Gasteiger partial charge < -0.3 is 14.4 Å². The van der Waals surface area contributed by atoms with Gasteiger partial charge in [-0.25, -0.2) is 4.79 Å². The molecule has 1 heterocycles. The lowest BCUT2D eigenvalue weighted by molar-refractivity contribution is -0.112. The largest absolute Gasteiger partial charge is 0.497 e. The van der Waals surface area contributed by atoms with Crippen LogP contribution in [0.2, 0.25) is 0 Å². The van der Waals surface area contributed by atoms with Crippen LogP contribution in [0.1, 0.15) is 31.9 Å². The van der Waals surface area contributed by atoms with Crippen LogP contribution in [-0.2, 0) is 16.1 Å². The van der Waals surface area contributed by atoms with E-state index in [0.717, 1.165) is 5.56 Å². The van der Waals surface area contributed by atoms with E-state index >= 15 is 0 Å². The Morgan fingerprint density at radius 3 is 2.44 bits per heavy atom. The lowest BCUT2D eigenvalue weighted by Crippen LogP contribution is -2.30. The van der Waals surface area contributed by atoms with Gasteiger partial charge in [0.2, 0.25) is 0 Å². The van der Waals surface area contributed by atoms with Gasteiger partial charge in [0.1, 0.15) is 17.1 Å². The van der Waals surface area contributed by atoms with Crippen LogP contribution in [0.4, 0.5) is 10.5 Å². The Labute approximate surface area is 158 Å². The van der Waals surface area contributed by atoms with Crippen LogP contribution < -0.4 is 9.64 Å². The first-order valence-corrected chi connectivity index (χ1v) is 8.64. The first-order valence-electron chi connectivity index (χ1n) is 8.64. The molecule has 140 valence electrons. The molecular weight excluding hydrogens is 344 g/mol. The monoisotopic (exact) mass is 366 g/mol. The van der Waals surface area contributed by atoms with E-state index in [1.807, 2.05) is 30.3 Å². The molecule has 0 radical (unpaired) electrons. The maximum absolute atomic E-state index is 13.0. The third kappa shape index (κ3) is 4.16. The molecule has 2 amide bonds. The Balaban J connectivity index is 2.00. The van der Waals surface area contributed by atoms with Gasteiger partial charge in [-0.3, -0.25) is 4.79 Å². The fourth-order valence-electron chi connectivity index (χ4n) is 2.83. The molecule has 0 saturated carbocycles. The number of fused-ring (bicyclic) bond motifs is 1. The van der Waals surface area contributed by atoms with Crippen molar-refractivity contribution in [2.24, 2.45) is 4.99 Å². The Hall–Kier alpha value is -3.15. The number of rotatable bonds is 3. The van der Waals surface area contributed by atoms with Gasteiger partial charge in [-0.1, -0.05) is 30.3 Å². The smallest absolute Gasteiger partial charge is 0.434 e. The van der Waals surface area contributed by atoms with Crippen molar-refractivity contribution in [3.8, 4) is 5.75 Å². The van der Waals surface area contributed by atoms with E-state index in [9.17, 15) is 9.59 Å². The fraction of sp³-hybridized carbons (Fsp3) is 0.286.